The van der Waals surface area contributed by atoms with Crippen LogP contribution in [0.3, 0.4) is 0 Å². The van der Waals surface area contributed by atoms with Crippen LogP contribution >= 0.6 is 0 Å². The number of rotatable bonds is 2. The van der Waals surface area contributed by atoms with Gasteiger partial charge in [-0.2, -0.15) is 0 Å². The number of likely N-dealkylation sites (tertiary alicyclic amines) is 1. The van der Waals surface area contributed by atoms with E-state index in [1.165, 1.54) is 10.5 Å². The molecule has 1 fully saturated rings. The highest BCUT2D eigenvalue weighted by atomic mass is 16.6. The Bertz CT molecular complexity index is 660. The van der Waals surface area contributed by atoms with Gasteiger partial charge < -0.3 is 9.84 Å². The molecule has 1 aliphatic rings. The van der Waals surface area contributed by atoms with Crippen LogP contribution in [0.15, 0.2) is 12.1 Å². The molecule has 1 N–H and O–H groups in total. The number of hydrogen-bond donors (Lipinski definition) is 1. The van der Waals surface area contributed by atoms with Crippen LogP contribution < -0.4 is 0 Å². The van der Waals surface area contributed by atoms with E-state index in [1.54, 1.807) is 20.8 Å². The normalized spacial score (nSPS) is 21.0. The van der Waals surface area contributed by atoms with E-state index in [-0.39, 0.29) is 5.92 Å². The van der Waals surface area contributed by atoms with Gasteiger partial charge in [-0.05, 0) is 70.2 Å². The zero-order chi connectivity index (χ0) is 18.2. The summed E-state index contributed by atoms with van der Waals surface area (Å²) in [7, 11) is 0. The van der Waals surface area contributed by atoms with Crippen LogP contribution in [-0.4, -0.2) is 40.3 Å². The molecule has 1 heterocycles. The first kappa shape index (κ1) is 18.3. The fourth-order valence-corrected chi connectivity index (χ4v) is 3.33. The summed E-state index contributed by atoms with van der Waals surface area (Å²) in [6.45, 7) is 11.8. The molecule has 1 amide bonds. The van der Waals surface area contributed by atoms with Gasteiger partial charge in [0.1, 0.15) is 11.6 Å². The number of nitrogens with zero attached hydrogens (tertiary/aromatic N) is 1. The average Bonchev–Trinajstić information content (AvgIpc) is 2.85. The van der Waals surface area contributed by atoms with Crippen molar-refractivity contribution in [1.82, 2.24) is 4.90 Å². The van der Waals surface area contributed by atoms with Crippen LogP contribution in [-0.2, 0) is 9.53 Å². The summed E-state index contributed by atoms with van der Waals surface area (Å²) in [5.74, 6) is -1.20. The molecular weight excluding hydrogens is 306 g/mol. The number of amides is 1. The van der Waals surface area contributed by atoms with E-state index >= 15 is 0 Å². The van der Waals surface area contributed by atoms with Crippen molar-refractivity contribution in [2.24, 2.45) is 0 Å². The molecule has 0 aliphatic carbocycles. The number of carbonyl (C=O) groups is 2. The number of aliphatic carboxylic acids is 1. The number of carbonyl (C=O) groups excluding carboxylic acids is 1. The smallest absolute Gasteiger partial charge is 0.411 e. The van der Waals surface area contributed by atoms with E-state index in [4.69, 9.17) is 4.74 Å². The summed E-state index contributed by atoms with van der Waals surface area (Å²) in [5.41, 5.74) is 3.76. The van der Waals surface area contributed by atoms with Gasteiger partial charge in [0.25, 0.3) is 0 Å². The topological polar surface area (TPSA) is 66.8 Å². The fraction of sp³-hybridized carbons (Fsp3) is 0.579. The van der Waals surface area contributed by atoms with Crippen LogP contribution in [0, 0.1) is 20.8 Å². The molecule has 132 valence electrons. The Hall–Kier alpha value is -2.04. The molecule has 2 atom stereocenters. The van der Waals surface area contributed by atoms with Gasteiger partial charge in [-0.3, -0.25) is 4.90 Å². The number of benzene rings is 1. The lowest BCUT2D eigenvalue weighted by atomic mass is 9.86. The Kier molecular flexibility index (Phi) is 4.92. The maximum absolute atomic E-state index is 12.4. The highest BCUT2D eigenvalue weighted by Crippen LogP contribution is 2.37. The highest BCUT2D eigenvalue weighted by molar-refractivity contribution is 5.82. The minimum absolute atomic E-state index is 0.214. The molecule has 1 aromatic carbocycles. The third-order valence-electron chi connectivity index (χ3n) is 4.56. The van der Waals surface area contributed by atoms with Gasteiger partial charge in [0.15, 0.2) is 0 Å². The van der Waals surface area contributed by atoms with Crippen LogP contribution in [0.2, 0.25) is 0 Å². The van der Waals surface area contributed by atoms with Crippen LogP contribution in [0.5, 0.6) is 0 Å². The Morgan fingerprint density at radius 1 is 1.12 bits per heavy atom. The van der Waals surface area contributed by atoms with E-state index in [2.05, 4.69) is 12.1 Å². The maximum Gasteiger partial charge on any atom is 0.411 e. The van der Waals surface area contributed by atoms with Crippen molar-refractivity contribution in [2.75, 3.05) is 6.54 Å². The van der Waals surface area contributed by atoms with Crippen molar-refractivity contribution in [3.05, 3.63) is 34.4 Å². The van der Waals surface area contributed by atoms with Crippen molar-refractivity contribution in [2.45, 2.75) is 65.5 Å². The first-order chi connectivity index (χ1) is 11.0. The monoisotopic (exact) mass is 333 g/mol. The van der Waals surface area contributed by atoms with Crippen LogP contribution in [0.25, 0.3) is 0 Å². The zero-order valence-corrected chi connectivity index (χ0v) is 15.3. The van der Waals surface area contributed by atoms with Crippen molar-refractivity contribution in [1.29, 1.82) is 0 Å². The van der Waals surface area contributed by atoms with Crippen molar-refractivity contribution >= 4 is 12.1 Å². The molecule has 24 heavy (non-hydrogen) atoms. The van der Waals surface area contributed by atoms with Gasteiger partial charge in [0.2, 0.25) is 0 Å². The lowest BCUT2D eigenvalue weighted by Crippen LogP contribution is -2.45. The molecule has 0 aromatic heterocycles. The number of hydrogen-bond acceptors (Lipinski definition) is 3. The van der Waals surface area contributed by atoms with E-state index < -0.39 is 23.7 Å². The summed E-state index contributed by atoms with van der Waals surface area (Å²) in [6, 6.07) is 3.25. The Balaban J connectivity index is 2.35. The molecule has 5 heteroatoms. The SMILES string of the molecule is Cc1cc(C)c([C@@H]2CCN(C(=O)OC(C)(C)C)[C@@H]2C(=O)O)cc1C. The highest BCUT2D eigenvalue weighted by Gasteiger charge is 2.44. The molecule has 1 aromatic rings. The quantitative estimate of drug-likeness (QED) is 0.894. The van der Waals surface area contributed by atoms with Crippen molar-refractivity contribution < 1.29 is 19.4 Å². The maximum atomic E-state index is 12.4. The molecule has 0 bridgehead atoms. The molecule has 2 rings (SSSR count). The van der Waals surface area contributed by atoms with Gasteiger partial charge in [0.05, 0.1) is 0 Å². The zero-order valence-electron chi connectivity index (χ0n) is 15.3. The fourth-order valence-electron chi connectivity index (χ4n) is 3.33. The third kappa shape index (κ3) is 3.71. The van der Waals surface area contributed by atoms with Crippen molar-refractivity contribution in [3.63, 3.8) is 0 Å². The molecule has 1 aliphatic heterocycles. The third-order valence-corrected chi connectivity index (χ3v) is 4.56. The average molecular weight is 333 g/mol. The minimum atomic E-state index is -0.985. The predicted molar refractivity (Wildman–Crippen MR) is 92.4 cm³/mol. The summed E-state index contributed by atoms with van der Waals surface area (Å²) in [5, 5.41) is 9.73. The largest absolute Gasteiger partial charge is 0.480 e. The molecule has 0 spiro atoms. The summed E-state index contributed by atoms with van der Waals surface area (Å²) in [4.78, 5) is 25.6. The number of carboxylic acids is 1. The Morgan fingerprint density at radius 3 is 2.25 bits per heavy atom. The lowest BCUT2D eigenvalue weighted by molar-refractivity contribution is -0.142. The summed E-state index contributed by atoms with van der Waals surface area (Å²) >= 11 is 0. The summed E-state index contributed by atoms with van der Waals surface area (Å²) < 4.78 is 5.38. The van der Waals surface area contributed by atoms with Gasteiger partial charge in [0, 0.05) is 12.5 Å². The number of ether oxygens (including phenoxy) is 1. The molecule has 5 nitrogen and oxygen atoms in total. The molecular formula is C19H27NO4. The van der Waals surface area contributed by atoms with E-state index in [1.807, 2.05) is 20.8 Å². The second kappa shape index (κ2) is 6.46. The van der Waals surface area contributed by atoms with E-state index in [9.17, 15) is 14.7 Å². The first-order valence-corrected chi connectivity index (χ1v) is 8.31. The lowest BCUT2D eigenvalue weighted by Gasteiger charge is -2.29. The molecule has 1 saturated heterocycles. The summed E-state index contributed by atoms with van der Waals surface area (Å²) in [6.07, 6.45) is 0.0680. The predicted octanol–water partition coefficient (Wildman–Crippen LogP) is 3.79. The van der Waals surface area contributed by atoms with Gasteiger partial charge >= 0.3 is 12.1 Å². The van der Waals surface area contributed by atoms with Gasteiger partial charge in [-0.25, -0.2) is 9.59 Å². The molecule has 0 saturated carbocycles. The molecule has 0 radical (unpaired) electrons. The first-order valence-electron chi connectivity index (χ1n) is 8.31. The standard InChI is InChI=1S/C19H27NO4/c1-11-9-13(3)15(10-12(11)2)14-7-8-20(16(14)17(21)22)18(23)24-19(4,5)6/h9-10,14,16H,7-8H2,1-6H3,(H,21,22)/t14-,16-/m0/s1. The van der Waals surface area contributed by atoms with Crippen molar-refractivity contribution in [3.8, 4) is 0 Å². The second-order valence-electron chi connectivity index (χ2n) is 7.65. The van der Waals surface area contributed by atoms with Crippen LogP contribution in [0.1, 0.15) is 55.4 Å². The Labute approximate surface area is 143 Å². The molecule has 0 unspecified atom stereocenters. The minimum Gasteiger partial charge on any atom is -0.480 e. The number of carboxylic acid groups (broad SMARTS) is 1. The van der Waals surface area contributed by atoms with E-state index in [0.717, 1.165) is 16.7 Å². The van der Waals surface area contributed by atoms with Crippen LogP contribution in [0.4, 0.5) is 4.79 Å². The van der Waals surface area contributed by atoms with E-state index in [0.29, 0.717) is 13.0 Å². The second-order valence-corrected chi connectivity index (χ2v) is 7.65. The number of aryl methyl sites for hydroxylation is 3. The van der Waals surface area contributed by atoms with Gasteiger partial charge in [-0.1, -0.05) is 12.1 Å². The van der Waals surface area contributed by atoms with Gasteiger partial charge in [-0.15, -0.1) is 0 Å². The Morgan fingerprint density at radius 2 is 1.71 bits per heavy atom.